The zero-order valence-corrected chi connectivity index (χ0v) is 22.6. The van der Waals surface area contributed by atoms with Gasteiger partial charge in [0, 0.05) is 5.56 Å². The summed E-state index contributed by atoms with van der Waals surface area (Å²) in [4.78, 5) is 8.86. The molecule has 1 heterocycles. The van der Waals surface area contributed by atoms with Crippen molar-refractivity contribution in [2.45, 2.75) is 123 Å². The van der Waals surface area contributed by atoms with E-state index in [2.05, 4.69) is 48.1 Å². The van der Waals surface area contributed by atoms with Crippen LogP contribution in [-0.2, 0) is 6.42 Å². The predicted molar refractivity (Wildman–Crippen MR) is 147 cm³/mol. The van der Waals surface area contributed by atoms with Crippen LogP contribution in [0.1, 0.15) is 116 Å². The summed E-state index contributed by atoms with van der Waals surface area (Å²) >= 11 is 0. The smallest absolute Gasteiger partial charge is 0.159 e. The van der Waals surface area contributed by atoms with Crippen molar-refractivity contribution in [1.29, 1.82) is 0 Å². The molecule has 0 amide bonds. The van der Waals surface area contributed by atoms with Crippen LogP contribution in [0.2, 0.25) is 0 Å². The zero-order valence-electron chi connectivity index (χ0n) is 22.6. The maximum atomic E-state index is 14.3. The first kappa shape index (κ1) is 29.3. The molecule has 0 spiro atoms. The maximum absolute atomic E-state index is 14.3. The number of rotatable bonds is 20. The summed E-state index contributed by atoms with van der Waals surface area (Å²) < 4.78 is 20.0. The minimum absolute atomic E-state index is 0.0144. The fourth-order valence-corrected chi connectivity index (χ4v) is 4.41. The second-order valence-corrected chi connectivity index (χ2v) is 10.2. The molecule has 0 bridgehead atoms. The van der Waals surface area contributed by atoms with Crippen molar-refractivity contribution in [1.82, 2.24) is 9.97 Å². The second-order valence-electron chi connectivity index (χ2n) is 10.2. The molecule has 0 radical (unpaired) electrons. The van der Waals surface area contributed by atoms with Crippen LogP contribution < -0.4 is 4.74 Å². The highest BCUT2D eigenvalue weighted by atomic mass is 19.1. The Morgan fingerprint density at radius 1 is 0.743 bits per heavy atom. The molecule has 35 heavy (non-hydrogen) atoms. The summed E-state index contributed by atoms with van der Waals surface area (Å²) in [7, 11) is 0. The molecule has 0 saturated carbocycles. The van der Waals surface area contributed by atoms with Gasteiger partial charge in [0.05, 0.1) is 12.4 Å². The minimum Gasteiger partial charge on any atom is -0.487 e. The molecule has 3 nitrogen and oxygen atoms in total. The lowest BCUT2D eigenvalue weighted by Crippen LogP contribution is -2.21. The van der Waals surface area contributed by atoms with Gasteiger partial charge in [-0.2, -0.15) is 0 Å². The molecule has 2 atom stereocenters. The van der Waals surface area contributed by atoms with Gasteiger partial charge in [-0.15, -0.1) is 0 Å². The molecule has 1 aromatic carbocycles. The van der Waals surface area contributed by atoms with Gasteiger partial charge in [-0.1, -0.05) is 122 Å². The number of unbranched alkanes of at least 4 members (excludes halogenated alkanes) is 11. The number of benzene rings is 1. The highest BCUT2D eigenvalue weighted by Gasteiger charge is 2.17. The highest BCUT2D eigenvalue weighted by Crippen LogP contribution is 2.21. The van der Waals surface area contributed by atoms with Crippen molar-refractivity contribution in [2.75, 3.05) is 6.61 Å². The monoisotopic (exact) mass is 484 g/mol. The molecule has 0 fully saturated rings. The lowest BCUT2D eigenvalue weighted by atomic mass is 9.99. The topological polar surface area (TPSA) is 35.0 Å². The summed E-state index contributed by atoms with van der Waals surface area (Å²) in [6, 6.07) is 8.56. The van der Waals surface area contributed by atoms with Crippen LogP contribution in [0.15, 0.2) is 36.7 Å². The number of aromatic nitrogens is 2. The fourth-order valence-electron chi connectivity index (χ4n) is 4.41. The van der Waals surface area contributed by atoms with Crippen LogP contribution in [0, 0.1) is 5.92 Å². The summed E-state index contributed by atoms with van der Waals surface area (Å²) in [5.41, 5.74) is 2.37. The number of hydrogen-bond acceptors (Lipinski definition) is 3. The van der Waals surface area contributed by atoms with Crippen LogP contribution in [0.25, 0.3) is 11.4 Å². The molecule has 0 aliphatic heterocycles. The molecule has 2 unspecified atom stereocenters. The van der Waals surface area contributed by atoms with Gasteiger partial charge in [0.2, 0.25) is 0 Å². The van der Waals surface area contributed by atoms with Crippen molar-refractivity contribution in [2.24, 2.45) is 5.92 Å². The molecule has 4 heteroatoms. The number of aryl methyl sites for hydroxylation is 1. The third-order valence-corrected chi connectivity index (χ3v) is 6.95. The Bertz CT molecular complexity index is 763. The first-order chi connectivity index (χ1) is 17.1. The van der Waals surface area contributed by atoms with Crippen LogP contribution in [0.5, 0.6) is 5.75 Å². The Balaban J connectivity index is 1.64. The van der Waals surface area contributed by atoms with E-state index in [9.17, 15) is 4.39 Å². The van der Waals surface area contributed by atoms with Crippen LogP contribution in [0.3, 0.4) is 0 Å². The van der Waals surface area contributed by atoms with Gasteiger partial charge in [-0.3, -0.25) is 0 Å². The van der Waals surface area contributed by atoms with Gasteiger partial charge < -0.3 is 4.74 Å². The number of hydrogen-bond donors (Lipinski definition) is 0. The van der Waals surface area contributed by atoms with E-state index >= 15 is 0 Å². The van der Waals surface area contributed by atoms with Crippen molar-refractivity contribution in [3.8, 4) is 17.1 Å². The minimum atomic E-state index is -0.963. The van der Waals surface area contributed by atoms with E-state index in [-0.39, 0.29) is 12.5 Å². The van der Waals surface area contributed by atoms with E-state index in [4.69, 9.17) is 4.74 Å². The van der Waals surface area contributed by atoms with Crippen molar-refractivity contribution in [3.05, 3.63) is 42.2 Å². The van der Waals surface area contributed by atoms with E-state index < -0.39 is 6.17 Å². The molecule has 0 aliphatic carbocycles. The highest BCUT2D eigenvalue weighted by molar-refractivity contribution is 5.55. The van der Waals surface area contributed by atoms with E-state index in [1.807, 2.05) is 6.92 Å². The Morgan fingerprint density at radius 3 is 1.89 bits per heavy atom. The van der Waals surface area contributed by atoms with Crippen LogP contribution in [0.4, 0.5) is 4.39 Å². The molecular formula is C31H49FN2O. The first-order valence-corrected chi connectivity index (χ1v) is 14.3. The average Bonchev–Trinajstić information content (AvgIpc) is 2.89. The lowest BCUT2D eigenvalue weighted by molar-refractivity contribution is 0.141. The normalized spacial score (nSPS) is 13.0. The van der Waals surface area contributed by atoms with Crippen molar-refractivity contribution in [3.63, 3.8) is 0 Å². The summed E-state index contributed by atoms with van der Waals surface area (Å²) in [6.45, 7) is 6.46. The van der Waals surface area contributed by atoms with E-state index in [1.54, 1.807) is 12.4 Å². The number of nitrogens with zero attached hydrogens (tertiary/aromatic N) is 2. The quantitative estimate of drug-likeness (QED) is 0.175. The average molecular weight is 485 g/mol. The molecule has 2 aromatic rings. The molecule has 0 N–H and O–H groups in total. The SMILES string of the molecule is CCCCCCCCCCCCc1ccc(-c2ncc(OCC(F)C(C)CCCCC)cn2)cc1. The number of halogens is 1. The third kappa shape index (κ3) is 12.5. The van der Waals surface area contributed by atoms with E-state index in [0.29, 0.717) is 11.6 Å². The predicted octanol–water partition coefficient (Wildman–Crippen LogP) is 9.54. The van der Waals surface area contributed by atoms with Crippen molar-refractivity contribution < 1.29 is 9.13 Å². The van der Waals surface area contributed by atoms with Gasteiger partial charge in [0.15, 0.2) is 11.6 Å². The zero-order chi connectivity index (χ0) is 25.1. The van der Waals surface area contributed by atoms with E-state index in [0.717, 1.165) is 37.7 Å². The first-order valence-electron chi connectivity index (χ1n) is 14.3. The summed E-state index contributed by atoms with van der Waals surface area (Å²) in [5, 5.41) is 0. The Hall–Kier alpha value is -1.97. The summed E-state index contributed by atoms with van der Waals surface area (Å²) in [5.74, 6) is 1.21. The molecule has 0 saturated heterocycles. The molecule has 2 rings (SSSR count). The standard InChI is InChI=1S/C31H49FN2O/c1-4-6-8-9-10-11-12-13-14-16-18-27-19-21-28(22-20-27)31-33-23-29(24-34-31)35-25-30(32)26(3)17-15-7-5-2/h19-24,26,30H,4-18,25H2,1-3H3. The van der Waals surface area contributed by atoms with Gasteiger partial charge in [-0.25, -0.2) is 14.4 Å². The lowest BCUT2D eigenvalue weighted by Gasteiger charge is -2.17. The largest absolute Gasteiger partial charge is 0.487 e. The van der Waals surface area contributed by atoms with Gasteiger partial charge in [0.25, 0.3) is 0 Å². The van der Waals surface area contributed by atoms with Crippen molar-refractivity contribution >= 4 is 0 Å². The second kappa shape index (κ2) is 18.3. The number of ether oxygens (including phenoxy) is 1. The molecule has 0 aliphatic rings. The Kier molecular flexibility index (Phi) is 15.3. The van der Waals surface area contributed by atoms with Gasteiger partial charge in [-0.05, 0) is 30.7 Å². The molecule has 196 valence electrons. The molecule has 1 aromatic heterocycles. The fraction of sp³-hybridized carbons (Fsp3) is 0.677. The summed E-state index contributed by atoms with van der Waals surface area (Å²) in [6.07, 6.45) is 21.4. The molecular weight excluding hydrogens is 435 g/mol. The van der Waals surface area contributed by atoms with Crippen LogP contribution in [-0.4, -0.2) is 22.7 Å². The maximum Gasteiger partial charge on any atom is 0.159 e. The van der Waals surface area contributed by atoms with Gasteiger partial charge in [0.1, 0.15) is 12.8 Å². The van der Waals surface area contributed by atoms with E-state index in [1.165, 1.54) is 69.8 Å². The Labute approximate surface area is 214 Å². The number of alkyl halides is 1. The van der Waals surface area contributed by atoms with Gasteiger partial charge >= 0.3 is 0 Å². The Morgan fingerprint density at radius 2 is 1.29 bits per heavy atom. The third-order valence-electron chi connectivity index (χ3n) is 6.95. The van der Waals surface area contributed by atoms with Crippen LogP contribution >= 0.6 is 0 Å².